The van der Waals surface area contributed by atoms with Crippen LogP contribution in [0.5, 0.6) is 0 Å². The molecular weight excluding hydrogens is 312 g/mol. The molecule has 1 aromatic heterocycles. The van der Waals surface area contributed by atoms with Crippen molar-refractivity contribution in [2.24, 2.45) is 0 Å². The number of aryl methyl sites for hydroxylation is 2. The Morgan fingerprint density at radius 2 is 1.88 bits per heavy atom. The topological polar surface area (TPSA) is 58.1 Å². The lowest BCUT2D eigenvalue weighted by Crippen LogP contribution is -2.31. The van der Waals surface area contributed by atoms with Crippen LogP contribution >= 0.6 is 0 Å². The highest BCUT2D eigenvalue weighted by atomic mass is 16.1. The first-order valence-corrected chi connectivity index (χ1v) is 9.11. The van der Waals surface area contributed by atoms with E-state index in [1.54, 1.807) is 0 Å². The molecule has 1 aliphatic rings. The number of benzene rings is 1. The molecule has 0 atom stereocenters. The van der Waals surface area contributed by atoms with Crippen molar-refractivity contribution in [3.05, 3.63) is 53.5 Å². The van der Waals surface area contributed by atoms with Crippen molar-refractivity contribution in [3.8, 4) is 0 Å². The van der Waals surface area contributed by atoms with Crippen molar-refractivity contribution in [1.29, 1.82) is 0 Å². The van der Waals surface area contributed by atoms with Gasteiger partial charge in [0, 0.05) is 31.3 Å². The van der Waals surface area contributed by atoms with E-state index >= 15 is 0 Å². The van der Waals surface area contributed by atoms with Crippen LogP contribution in [0, 0.1) is 6.92 Å². The van der Waals surface area contributed by atoms with Crippen LogP contribution in [0.2, 0.25) is 0 Å². The van der Waals surface area contributed by atoms with E-state index in [0.29, 0.717) is 18.8 Å². The molecule has 0 spiro atoms. The van der Waals surface area contributed by atoms with Gasteiger partial charge in [-0.2, -0.15) is 0 Å². The second-order valence-electron chi connectivity index (χ2n) is 6.59. The number of rotatable bonds is 6. The first-order chi connectivity index (χ1) is 12.2. The number of nitrogens with one attached hydrogen (secondary N) is 1. The molecule has 1 N–H and O–H groups in total. The number of hydrogen-bond donors (Lipinski definition) is 1. The highest BCUT2D eigenvalue weighted by Gasteiger charge is 2.14. The number of aromatic nitrogens is 2. The highest BCUT2D eigenvalue weighted by Crippen LogP contribution is 2.18. The van der Waals surface area contributed by atoms with Gasteiger partial charge < -0.3 is 10.2 Å². The number of piperidine rings is 1. The molecule has 1 aromatic carbocycles. The Balaban J connectivity index is 1.53. The lowest BCUT2D eigenvalue weighted by molar-refractivity contribution is -0.121. The average Bonchev–Trinajstić information content (AvgIpc) is 2.66. The van der Waals surface area contributed by atoms with Gasteiger partial charge in [0.25, 0.3) is 0 Å². The van der Waals surface area contributed by atoms with Crippen molar-refractivity contribution in [1.82, 2.24) is 15.3 Å². The predicted molar refractivity (Wildman–Crippen MR) is 99.4 cm³/mol. The van der Waals surface area contributed by atoms with Gasteiger partial charge in [-0.15, -0.1) is 0 Å². The fourth-order valence-corrected chi connectivity index (χ4v) is 3.14. The number of carbonyl (C=O) groups is 1. The van der Waals surface area contributed by atoms with Crippen LogP contribution < -0.4 is 10.2 Å². The minimum absolute atomic E-state index is 0.0356. The molecule has 3 rings (SSSR count). The minimum Gasteiger partial charge on any atom is -0.357 e. The van der Waals surface area contributed by atoms with Gasteiger partial charge in [-0.3, -0.25) is 4.79 Å². The summed E-state index contributed by atoms with van der Waals surface area (Å²) in [5.74, 6) is 1.71. The van der Waals surface area contributed by atoms with E-state index in [1.165, 1.54) is 24.8 Å². The van der Waals surface area contributed by atoms with Gasteiger partial charge in [0.05, 0.1) is 6.54 Å². The third-order valence-corrected chi connectivity index (χ3v) is 4.49. The second-order valence-corrected chi connectivity index (χ2v) is 6.59. The first-order valence-electron chi connectivity index (χ1n) is 9.11. The molecule has 1 fully saturated rings. The molecule has 2 heterocycles. The van der Waals surface area contributed by atoms with Gasteiger partial charge in [-0.1, -0.05) is 30.3 Å². The van der Waals surface area contributed by atoms with E-state index in [9.17, 15) is 4.79 Å². The molecule has 25 heavy (non-hydrogen) atoms. The number of anilines is 1. The number of carbonyl (C=O) groups excluding carboxylic acids is 1. The summed E-state index contributed by atoms with van der Waals surface area (Å²) >= 11 is 0. The Kier molecular flexibility index (Phi) is 5.99. The maximum atomic E-state index is 12.1. The summed E-state index contributed by atoms with van der Waals surface area (Å²) in [4.78, 5) is 23.5. The van der Waals surface area contributed by atoms with E-state index in [0.717, 1.165) is 31.0 Å². The van der Waals surface area contributed by atoms with E-state index in [2.05, 4.69) is 20.2 Å². The Hall–Kier alpha value is -2.43. The zero-order valence-corrected chi connectivity index (χ0v) is 14.9. The van der Waals surface area contributed by atoms with E-state index in [-0.39, 0.29) is 5.91 Å². The average molecular weight is 338 g/mol. The highest BCUT2D eigenvalue weighted by molar-refractivity contribution is 5.76. The lowest BCUT2D eigenvalue weighted by atomic mass is 10.1. The summed E-state index contributed by atoms with van der Waals surface area (Å²) in [5, 5.41) is 2.94. The van der Waals surface area contributed by atoms with Crippen LogP contribution in [-0.2, 0) is 17.8 Å². The molecule has 0 bridgehead atoms. The van der Waals surface area contributed by atoms with Gasteiger partial charge in [-0.05, 0) is 38.2 Å². The van der Waals surface area contributed by atoms with Gasteiger partial charge in [0.2, 0.25) is 5.91 Å². The van der Waals surface area contributed by atoms with E-state index in [4.69, 9.17) is 0 Å². The summed E-state index contributed by atoms with van der Waals surface area (Å²) in [6.45, 7) is 4.48. The van der Waals surface area contributed by atoms with Gasteiger partial charge in [0.1, 0.15) is 11.6 Å². The maximum absolute atomic E-state index is 12.1. The molecule has 132 valence electrons. The summed E-state index contributed by atoms with van der Waals surface area (Å²) in [6, 6.07) is 12.1. The maximum Gasteiger partial charge on any atom is 0.220 e. The van der Waals surface area contributed by atoms with Gasteiger partial charge in [0.15, 0.2) is 0 Å². The molecule has 1 amide bonds. The van der Waals surface area contributed by atoms with E-state index < -0.39 is 0 Å². The van der Waals surface area contributed by atoms with Crippen LogP contribution in [0.15, 0.2) is 36.4 Å². The molecule has 0 saturated carbocycles. The summed E-state index contributed by atoms with van der Waals surface area (Å²) in [5.41, 5.74) is 2.13. The van der Waals surface area contributed by atoms with Gasteiger partial charge >= 0.3 is 0 Å². The third kappa shape index (κ3) is 5.28. The summed E-state index contributed by atoms with van der Waals surface area (Å²) in [6.07, 6.45) is 4.96. The Morgan fingerprint density at radius 3 is 2.64 bits per heavy atom. The van der Waals surface area contributed by atoms with Crippen LogP contribution in [0.4, 0.5) is 5.82 Å². The molecule has 2 aromatic rings. The van der Waals surface area contributed by atoms with Crippen LogP contribution in [0.1, 0.15) is 42.8 Å². The molecular formula is C20H26N4O. The standard InChI is InChI=1S/C20H26N4O/c1-16-14-19(24-12-6-3-7-13-24)23-18(22-16)15-21-20(25)11-10-17-8-4-2-5-9-17/h2,4-5,8-9,14H,3,6-7,10-13,15H2,1H3,(H,21,25). The monoisotopic (exact) mass is 338 g/mol. The first kappa shape index (κ1) is 17.4. The second kappa shape index (κ2) is 8.60. The normalized spacial score (nSPS) is 14.4. The fourth-order valence-electron chi connectivity index (χ4n) is 3.14. The summed E-state index contributed by atoms with van der Waals surface area (Å²) < 4.78 is 0. The third-order valence-electron chi connectivity index (χ3n) is 4.49. The predicted octanol–water partition coefficient (Wildman–Crippen LogP) is 3.02. The smallest absolute Gasteiger partial charge is 0.220 e. The van der Waals surface area contributed by atoms with Crippen LogP contribution in [0.25, 0.3) is 0 Å². The molecule has 0 radical (unpaired) electrons. The Bertz CT molecular complexity index is 696. The number of hydrogen-bond acceptors (Lipinski definition) is 4. The minimum atomic E-state index is 0.0356. The molecule has 0 aliphatic carbocycles. The quantitative estimate of drug-likeness (QED) is 0.879. The zero-order valence-electron chi connectivity index (χ0n) is 14.9. The van der Waals surface area contributed by atoms with Crippen molar-refractivity contribution in [2.45, 2.75) is 45.6 Å². The van der Waals surface area contributed by atoms with Crippen molar-refractivity contribution in [2.75, 3.05) is 18.0 Å². The molecule has 1 saturated heterocycles. The number of nitrogens with zero attached hydrogens (tertiary/aromatic N) is 3. The number of amides is 1. The Morgan fingerprint density at radius 1 is 1.12 bits per heavy atom. The SMILES string of the molecule is Cc1cc(N2CCCCC2)nc(CNC(=O)CCc2ccccc2)n1. The zero-order chi connectivity index (χ0) is 17.5. The molecule has 5 nitrogen and oxygen atoms in total. The molecule has 1 aliphatic heterocycles. The van der Waals surface area contributed by atoms with Crippen molar-refractivity contribution in [3.63, 3.8) is 0 Å². The van der Waals surface area contributed by atoms with Gasteiger partial charge in [-0.25, -0.2) is 9.97 Å². The van der Waals surface area contributed by atoms with Crippen LogP contribution in [0.3, 0.4) is 0 Å². The van der Waals surface area contributed by atoms with E-state index in [1.807, 2.05) is 43.3 Å². The van der Waals surface area contributed by atoms with Crippen LogP contribution in [-0.4, -0.2) is 29.0 Å². The lowest BCUT2D eigenvalue weighted by Gasteiger charge is -2.28. The molecule has 5 heteroatoms. The fraction of sp³-hybridized carbons (Fsp3) is 0.450. The molecule has 0 unspecified atom stereocenters. The van der Waals surface area contributed by atoms with Crippen molar-refractivity contribution < 1.29 is 4.79 Å². The van der Waals surface area contributed by atoms with Crippen molar-refractivity contribution >= 4 is 11.7 Å². The summed E-state index contributed by atoms with van der Waals surface area (Å²) in [7, 11) is 0. The largest absolute Gasteiger partial charge is 0.357 e. The Labute approximate surface area is 149 Å².